The smallest absolute Gasteiger partial charge is 0.311 e. The van der Waals surface area contributed by atoms with E-state index in [9.17, 15) is 20.0 Å². The second-order valence-electron chi connectivity index (χ2n) is 3.57. The molecule has 17 heavy (non-hydrogen) atoms. The largest absolute Gasteiger partial charge is 0.502 e. The van der Waals surface area contributed by atoms with Gasteiger partial charge in [0, 0.05) is 18.2 Å². The third-order valence-corrected chi connectivity index (χ3v) is 2.25. The molecule has 0 aliphatic carbocycles. The Morgan fingerprint density at radius 1 is 1.53 bits per heavy atom. The summed E-state index contributed by atoms with van der Waals surface area (Å²) in [5, 5.41) is 22.4. The lowest BCUT2D eigenvalue weighted by Crippen LogP contribution is -2.24. The highest BCUT2D eigenvalue weighted by atomic mass is 16.6. The van der Waals surface area contributed by atoms with E-state index in [4.69, 9.17) is 0 Å². The Labute approximate surface area is 98.4 Å². The lowest BCUT2D eigenvalue weighted by atomic mass is 10.1. The predicted molar refractivity (Wildman–Crippen MR) is 62.0 cm³/mol. The number of phenolic OH excluding ortho intramolecular Hbond substituents is 1. The molecular formula is C11H14N2O4. The predicted octanol–water partition coefficient (Wildman–Crippen LogP) is 1.83. The van der Waals surface area contributed by atoms with Crippen LogP contribution in [-0.4, -0.2) is 22.5 Å². The molecule has 1 aromatic carbocycles. The zero-order valence-electron chi connectivity index (χ0n) is 9.47. The second kappa shape index (κ2) is 5.83. The number of aromatic hydroxyl groups is 1. The summed E-state index contributed by atoms with van der Waals surface area (Å²) >= 11 is 0. The SMILES string of the molecule is CCCCNC(=O)c1ccc(O)c([N+](=O)[O-])c1. The second-order valence-corrected chi connectivity index (χ2v) is 3.57. The Morgan fingerprint density at radius 2 is 2.24 bits per heavy atom. The number of carbonyl (C=O) groups excluding carboxylic acids is 1. The number of benzene rings is 1. The quantitative estimate of drug-likeness (QED) is 0.465. The molecule has 1 rings (SSSR count). The third kappa shape index (κ3) is 3.44. The number of nitrogens with one attached hydrogen (secondary N) is 1. The molecule has 0 heterocycles. The van der Waals surface area contributed by atoms with Crippen molar-refractivity contribution >= 4 is 11.6 Å². The van der Waals surface area contributed by atoms with Gasteiger partial charge in [-0.1, -0.05) is 13.3 Å². The van der Waals surface area contributed by atoms with E-state index in [2.05, 4.69) is 5.32 Å². The van der Waals surface area contributed by atoms with Gasteiger partial charge < -0.3 is 10.4 Å². The third-order valence-electron chi connectivity index (χ3n) is 2.25. The number of unbranched alkanes of at least 4 members (excludes halogenated alkanes) is 1. The first kappa shape index (κ1) is 13.0. The molecule has 6 heteroatoms. The van der Waals surface area contributed by atoms with Gasteiger partial charge in [0.15, 0.2) is 5.75 Å². The summed E-state index contributed by atoms with van der Waals surface area (Å²) in [6.07, 6.45) is 1.81. The minimum atomic E-state index is -0.724. The minimum Gasteiger partial charge on any atom is -0.502 e. The van der Waals surface area contributed by atoms with E-state index in [-0.39, 0.29) is 11.5 Å². The number of phenols is 1. The van der Waals surface area contributed by atoms with Gasteiger partial charge in [0.05, 0.1) is 4.92 Å². The first-order valence-corrected chi connectivity index (χ1v) is 5.32. The van der Waals surface area contributed by atoms with Gasteiger partial charge in [-0.2, -0.15) is 0 Å². The lowest BCUT2D eigenvalue weighted by molar-refractivity contribution is -0.385. The summed E-state index contributed by atoms with van der Waals surface area (Å²) in [5.41, 5.74) is -0.293. The summed E-state index contributed by atoms with van der Waals surface area (Å²) in [6.45, 7) is 2.53. The van der Waals surface area contributed by atoms with Crippen molar-refractivity contribution in [2.75, 3.05) is 6.54 Å². The van der Waals surface area contributed by atoms with Gasteiger partial charge in [0.25, 0.3) is 5.91 Å². The van der Waals surface area contributed by atoms with Crippen molar-refractivity contribution in [3.63, 3.8) is 0 Å². The van der Waals surface area contributed by atoms with Crippen molar-refractivity contribution in [3.05, 3.63) is 33.9 Å². The number of carbonyl (C=O) groups is 1. The maximum atomic E-state index is 11.6. The Hall–Kier alpha value is -2.11. The Kier molecular flexibility index (Phi) is 4.45. The van der Waals surface area contributed by atoms with Gasteiger partial charge in [-0.25, -0.2) is 0 Å². The van der Waals surface area contributed by atoms with Crippen molar-refractivity contribution in [2.24, 2.45) is 0 Å². The molecule has 0 aromatic heterocycles. The fraction of sp³-hybridized carbons (Fsp3) is 0.364. The van der Waals surface area contributed by atoms with Crippen LogP contribution < -0.4 is 5.32 Å². The van der Waals surface area contributed by atoms with Crippen molar-refractivity contribution < 1.29 is 14.8 Å². The van der Waals surface area contributed by atoms with E-state index in [1.807, 2.05) is 6.92 Å². The van der Waals surface area contributed by atoms with Gasteiger partial charge in [0.1, 0.15) is 0 Å². The summed E-state index contributed by atoms with van der Waals surface area (Å²) in [7, 11) is 0. The zero-order valence-corrected chi connectivity index (χ0v) is 9.47. The molecule has 2 N–H and O–H groups in total. The van der Waals surface area contributed by atoms with Gasteiger partial charge in [0.2, 0.25) is 0 Å². The molecule has 1 aromatic rings. The van der Waals surface area contributed by atoms with Crippen LogP contribution in [0.4, 0.5) is 5.69 Å². The minimum absolute atomic E-state index is 0.172. The van der Waals surface area contributed by atoms with E-state index in [0.717, 1.165) is 25.0 Å². The lowest BCUT2D eigenvalue weighted by Gasteiger charge is -2.04. The summed E-state index contributed by atoms with van der Waals surface area (Å²) in [6, 6.07) is 3.56. The van der Waals surface area contributed by atoms with Crippen LogP contribution in [-0.2, 0) is 0 Å². The number of nitro benzene ring substituents is 1. The topological polar surface area (TPSA) is 92.5 Å². The summed E-state index contributed by atoms with van der Waals surface area (Å²) < 4.78 is 0. The molecule has 1 amide bonds. The van der Waals surface area contributed by atoms with Crippen molar-refractivity contribution in [3.8, 4) is 5.75 Å². The van der Waals surface area contributed by atoms with Crippen LogP contribution >= 0.6 is 0 Å². The molecule has 0 fully saturated rings. The summed E-state index contributed by atoms with van der Waals surface area (Å²) in [5.74, 6) is -0.818. The normalized spacial score (nSPS) is 9.94. The highest BCUT2D eigenvalue weighted by Crippen LogP contribution is 2.26. The first-order valence-electron chi connectivity index (χ1n) is 5.32. The van der Waals surface area contributed by atoms with Crippen LogP contribution in [0.1, 0.15) is 30.1 Å². The van der Waals surface area contributed by atoms with Crippen LogP contribution in [0, 0.1) is 10.1 Å². The van der Waals surface area contributed by atoms with E-state index < -0.39 is 16.4 Å². The molecule has 0 aliphatic heterocycles. The van der Waals surface area contributed by atoms with E-state index in [1.165, 1.54) is 6.07 Å². The average Bonchev–Trinajstić information content (AvgIpc) is 2.29. The first-order chi connectivity index (χ1) is 8.06. The number of hydrogen-bond acceptors (Lipinski definition) is 4. The van der Waals surface area contributed by atoms with Gasteiger partial charge in [-0.05, 0) is 18.6 Å². The standard InChI is InChI=1S/C11H14N2O4/c1-2-3-6-12-11(15)8-4-5-10(14)9(7-8)13(16)17/h4-5,7,14H,2-3,6H2,1H3,(H,12,15). The molecule has 0 saturated carbocycles. The fourth-order valence-electron chi connectivity index (χ4n) is 1.29. The van der Waals surface area contributed by atoms with Crippen LogP contribution in [0.5, 0.6) is 5.75 Å². The maximum Gasteiger partial charge on any atom is 0.311 e. The van der Waals surface area contributed by atoms with Gasteiger partial charge >= 0.3 is 5.69 Å². The molecular weight excluding hydrogens is 224 g/mol. The number of hydrogen-bond donors (Lipinski definition) is 2. The molecule has 92 valence electrons. The zero-order chi connectivity index (χ0) is 12.8. The summed E-state index contributed by atoms with van der Waals surface area (Å²) in [4.78, 5) is 21.4. The Balaban J connectivity index is 2.81. The monoisotopic (exact) mass is 238 g/mol. The molecule has 0 radical (unpaired) electrons. The molecule has 0 atom stereocenters. The van der Waals surface area contributed by atoms with E-state index in [0.29, 0.717) is 6.54 Å². The van der Waals surface area contributed by atoms with Crippen LogP contribution in [0.25, 0.3) is 0 Å². The van der Waals surface area contributed by atoms with Crippen LogP contribution in [0.2, 0.25) is 0 Å². The van der Waals surface area contributed by atoms with Gasteiger partial charge in [-0.3, -0.25) is 14.9 Å². The molecule has 0 bridgehead atoms. The molecule has 6 nitrogen and oxygen atoms in total. The van der Waals surface area contributed by atoms with E-state index >= 15 is 0 Å². The number of rotatable bonds is 5. The fourth-order valence-corrected chi connectivity index (χ4v) is 1.29. The highest BCUT2D eigenvalue weighted by molar-refractivity contribution is 5.95. The van der Waals surface area contributed by atoms with Crippen molar-refractivity contribution in [2.45, 2.75) is 19.8 Å². The number of nitro groups is 1. The Morgan fingerprint density at radius 3 is 2.82 bits per heavy atom. The van der Waals surface area contributed by atoms with Crippen LogP contribution in [0.3, 0.4) is 0 Å². The average molecular weight is 238 g/mol. The Bertz CT molecular complexity index is 431. The van der Waals surface area contributed by atoms with Crippen LogP contribution in [0.15, 0.2) is 18.2 Å². The number of amides is 1. The molecule has 0 spiro atoms. The van der Waals surface area contributed by atoms with Crippen molar-refractivity contribution in [1.82, 2.24) is 5.32 Å². The van der Waals surface area contributed by atoms with Gasteiger partial charge in [-0.15, -0.1) is 0 Å². The number of nitrogens with zero attached hydrogens (tertiary/aromatic N) is 1. The molecule has 0 saturated heterocycles. The highest BCUT2D eigenvalue weighted by Gasteiger charge is 2.16. The van der Waals surface area contributed by atoms with Crippen molar-refractivity contribution in [1.29, 1.82) is 0 Å². The molecule has 0 unspecified atom stereocenters. The maximum absolute atomic E-state index is 11.6. The van der Waals surface area contributed by atoms with E-state index in [1.54, 1.807) is 0 Å². The molecule has 0 aliphatic rings.